The fraction of sp³-hybridized carbons (Fsp3) is 0. The summed E-state index contributed by atoms with van der Waals surface area (Å²) in [4.78, 5) is 19.5. The van der Waals surface area contributed by atoms with Crippen LogP contribution in [-0.2, 0) is 0 Å². The molecule has 0 N–H and O–H groups in total. The number of hydrogen-bond donors (Lipinski definition) is 0. The maximum absolute atomic E-state index is 11.8. The standard InChI is InChI=1S/C13H8Cl2N2O/c14-10-4-1-9(2-5-10)3-6-11(18)12-13(15)17-8-7-16-12/h1-8H/b6-3+. The van der Waals surface area contributed by atoms with Gasteiger partial charge in [0.1, 0.15) is 5.69 Å². The van der Waals surface area contributed by atoms with E-state index in [1.54, 1.807) is 18.2 Å². The second-order valence-electron chi connectivity index (χ2n) is 3.44. The van der Waals surface area contributed by atoms with Crippen molar-refractivity contribution in [1.29, 1.82) is 0 Å². The van der Waals surface area contributed by atoms with Gasteiger partial charge in [-0.05, 0) is 23.8 Å². The third kappa shape index (κ3) is 3.15. The zero-order valence-electron chi connectivity index (χ0n) is 9.18. The van der Waals surface area contributed by atoms with E-state index in [4.69, 9.17) is 23.2 Å². The number of benzene rings is 1. The van der Waals surface area contributed by atoms with Gasteiger partial charge in [-0.2, -0.15) is 0 Å². The predicted molar refractivity (Wildman–Crippen MR) is 71.9 cm³/mol. The highest BCUT2D eigenvalue weighted by Crippen LogP contribution is 2.13. The Bertz CT molecular complexity index is 594. The molecule has 0 unspecified atom stereocenters. The molecule has 3 nitrogen and oxygen atoms in total. The van der Waals surface area contributed by atoms with Gasteiger partial charge < -0.3 is 0 Å². The summed E-state index contributed by atoms with van der Waals surface area (Å²) < 4.78 is 0. The Balaban J connectivity index is 2.17. The molecule has 1 aromatic heterocycles. The molecule has 5 heteroatoms. The Kier molecular flexibility index (Phi) is 4.07. The van der Waals surface area contributed by atoms with Crippen LogP contribution in [0.4, 0.5) is 0 Å². The molecule has 0 aliphatic heterocycles. The highest BCUT2D eigenvalue weighted by atomic mass is 35.5. The minimum atomic E-state index is -0.289. The summed E-state index contributed by atoms with van der Waals surface area (Å²) >= 11 is 11.5. The monoisotopic (exact) mass is 278 g/mol. The maximum atomic E-state index is 11.8. The largest absolute Gasteiger partial charge is 0.287 e. The predicted octanol–water partition coefficient (Wildman–Crippen LogP) is 3.68. The van der Waals surface area contributed by atoms with Gasteiger partial charge in [0, 0.05) is 17.4 Å². The molecule has 0 aliphatic carbocycles. The van der Waals surface area contributed by atoms with E-state index < -0.39 is 0 Å². The Hall–Kier alpha value is -1.71. The summed E-state index contributed by atoms with van der Waals surface area (Å²) in [6.45, 7) is 0. The van der Waals surface area contributed by atoms with Crippen LogP contribution in [0.1, 0.15) is 16.1 Å². The van der Waals surface area contributed by atoms with E-state index in [2.05, 4.69) is 9.97 Å². The van der Waals surface area contributed by atoms with Crippen LogP contribution in [0.3, 0.4) is 0 Å². The normalized spacial score (nSPS) is 10.8. The van der Waals surface area contributed by atoms with Gasteiger partial charge in [-0.1, -0.05) is 41.4 Å². The molecule has 0 aliphatic rings. The molecular formula is C13H8Cl2N2O. The van der Waals surface area contributed by atoms with Gasteiger partial charge in [-0.3, -0.25) is 4.79 Å². The lowest BCUT2D eigenvalue weighted by Crippen LogP contribution is -2.00. The molecule has 0 fully saturated rings. The van der Waals surface area contributed by atoms with Crippen LogP contribution in [0.5, 0.6) is 0 Å². The first-order chi connectivity index (χ1) is 8.66. The van der Waals surface area contributed by atoms with Crippen LogP contribution in [-0.4, -0.2) is 15.8 Å². The van der Waals surface area contributed by atoms with Gasteiger partial charge in [0.25, 0.3) is 0 Å². The average Bonchev–Trinajstić information content (AvgIpc) is 2.38. The topological polar surface area (TPSA) is 42.9 Å². The summed E-state index contributed by atoms with van der Waals surface area (Å²) in [5.74, 6) is -0.289. The minimum Gasteiger partial charge on any atom is -0.287 e. The van der Waals surface area contributed by atoms with Gasteiger partial charge in [-0.25, -0.2) is 9.97 Å². The number of carbonyl (C=O) groups is 1. The van der Waals surface area contributed by atoms with E-state index in [-0.39, 0.29) is 16.6 Å². The first-order valence-electron chi connectivity index (χ1n) is 5.11. The van der Waals surface area contributed by atoms with Crippen molar-refractivity contribution < 1.29 is 4.79 Å². The van der Waals surface area contributed by atoms with Gasteiger partial charge in [0.2, 0.25) is 5.78 Å². The molecular weight excluding hydrogens is 271 g/mol. The van der Waals surface area contributed by atoms with Gasteiger partial charge >= 0.3 is 0 Å². The molecule has 0 saturated heterocycles. The summed E-state index contributed by atoms with van der Waals surface area (Å²) in [5.41, 5.74) is 1.01. The van der Waals surface area contributed by atoms with Crippen molar-refractivity contribution in [3.8, 4) is 0 Å². The number of allylic oxidation sites excluding steroid dienone is 1. The highest BCUT2D eigenvalue weighted by molar-refractivity contribution is 6.33. The lowest BCUT2D eigenvalue weighted by atomic mass is 10.2. The Morgan fingerprint density at radius 2 is 1.72 bits per heavy atom. The Morgan fingerprint density at radius 1 is 1.06 bits per heavy atom. The van der Waals surface area contributed by atoms with Crippen molar-refractivity contribution in [2.24, 2.45) is 0 Å². The lowest BCUT2D eigenvalue weighted by molar-refractivity contribution is 0.104. The summed E-state index contributed by atoms with van der Waals surface area (Å²) in [5, 5.41) is 0.749. The lowest BCUT2D eigenvalue weighted by Gasteiger charge is -1.97. The Morgan fingerprint density at radius 3 is 2.39 bits per heavy atom. The summed E-state index contributed by atoms with van der Waals surface area (Å²) in [7, 11) is 0. The van der Waals surface area contributed by atoms with Crippen molar-refractivity contribution in [3.05, 3.63) is 64.2 Å². The third-order valence-corrected chi connectivity index (χ3v) is 2.71. The quantitative estimate of drug-likeness (QED) is 0.635. The fourth-order valence-electron chi connectivity index (χ4n) is 1.31. The number of nitrogens with zero attached hydrogens (tertiary/aromatic N) is 2. The first kappa shape index (κ1) is 12.7. The molecule has 0 spiro atoms. The van der Waals surface area contributed by atoms with Crippen molar-refractivity contribution in [3.63, 3.8) is 0 Å². The molecule has 0 atom stereocenters. The number of ketones is 1. The van der Waals surface area contributed by atoms with Crippen molar-refractivity contribution in [2.45, 2.75) is 0 Å². The van der Waals surface area contributed by atoms with Crippen LogP contribution >= 0.6 is 23.2 Å². The molecule has 2 rings (SSSR count). The van der Waals surface area contributed by atoms with E-state index in [1.165, 1.54) is 18.5 Å². The molecule has 0 amide bonds. The van der Waals surface area contributed by atoms with Crippen LogP contribution in [0.15, 0.2) is 42.7 Å². The van der Waals surface area contributed by atoms with Crippen molar-refractivity contribution >= 4 is 35.1 Å². The van der Waals surface area contributed by atoms with E-state index >= 15 is 0 Å². The van der Waals surface area contributed by atoms with Crippen molar-refractivity contribution in [2.75, 3.05) is 0 Å². The molecule has 1 heterocycles. The number of halogens is 2. The van der Waals surface area contributed by atoms with E-state index in [1.807, 2.05) is 12.1 Å². The number of aromatic nitrogens is 2. The van der Waals surface area contributed by atoms with Crippen molar-refractivity contribution in [1.82, 2.24) is 9.97 Å². The third-order valence-electron chi connectivity index (χ3n) is 2.18. The zero-order valence-corrected chi connectivity index (χ0v) is 10.7. The maximum Gasteiger partial charge on any atom is 0.207 e. The Labute approximate surface area is 114 Å². The van der Waals surface area contributed by atoms with Gasteiger partial charge in [0.15, 0.2) is 5.15 Å². The zero-order chi connectivity index (χ0) is 13.0. The smallest absolute Gasteiger partial charge is 0.207 e. The van der Waals surface area contributed by atoms with Crippen LogP contribution in [0.2, 0.25) is 10.2 Å². The van der Waals surface area contributed by atoms with E-state index in [0.29, 0.717) is 5.02 Å². The van der Waals surface area contributed by atoms with Gasteiger partial charge in [0.05, 0.1) is 0 Å². The number of rotatable bonds is 3. The van der Waals surface area contributed by atoms with Crippen LogP contribution in [0, 0.1) is 0 Å². The molecule has 1 aromatic carbocycles. The molecule has 2 aromatic rings. The minimum absolute atomic E-state index is 0.100. The van der Waals surface area contributed by atoms with Crippen LogP contribution in [0.25, 0.3) is 6.08 Å². The summed E-state index contributed by atoms with van der Waals surface area (Å²) in [6, 6.07) is 7.12. The van der Waals surface area contributed by atoms with Crippen LogP contribution < -0.4 is 0 Å². The van der Waals surface area contributed by atoms with Gasteiger partial charge in [-0.15, -0.1) is 0 Å². The van der Waals surface area contributed by atoms with E-state index in [9.17, 15) is 4.79 Å². The summed E-state index contributed by atoms with van der Waals surface area (Å²) in [6.07, 6.45) is 5.93. The first-order valence-corrected chi connectivity index (χ1v) is 5.87. The molecule has 18 heavy (non-hydrogen) atoms. The molecule has 90 valence electrons. The molecule has 0 bridgehead atoms. The number of hydrogen-bond acceptors (Lipinski definition) is 3. The average molecular weight is 279 g/mol. The van der Waals surface area contributed by atoms with E-state index in [0.717, 1.165) is 5.56 Å². The second-order valence-corrected chi connectivity index (χ2v) is 4.24. The SMILES string of the molecule is O=C(/C=C/c1ccc(Cl)cc1)c1nccnc1Cl. The number of carbonyl (C=O) groups excluding carboxylic acids is 1. The second kappa shape index (κ2) is 5.76. The molecule has 0 saturated carbocycles. The fourth-order valence-corrected chi connectivity index (χ4v) is 1.64. The molecule has 0 radical (unpaired) electrons. The highest BCUT2D eigenvalue weighted by Gasteiger charge is 2.08.